The van der Waals surface area contributed by atoms with Crippen molar-refractivity contribution >= 4 is 29.2 Å². The molecule has 2 aromatic carbocycles. The monoisotopic (exact) mass is 365 g/mol. The van der Waals surface area contributed by atoms with E-state index in [1.165, 1.54) is 12.5 Å². The number of hydrogen-bond acceptors (Lipinski definition) is 5. The van der Waals surface area contributed by atoms with Crippen molar-refractivity contribution in [2.75, 3.05) is 24.3 Å². The van der Waals surface area contributed by atoms with E-state index in [0.717, 1.165) is 28.4 Å². The van der Waals surface area contributed by atoms with Crippen LogP contribution in [0.4, 0.5) is 10.1 Å². The van der Waals surface area contributed by atoms with Gasteiger partial charge in [0, 0.05) is 17.3 Å². The fourth-order valence-corrected chi connectivity index (χ4v) is 5.41. The van der Waals surface area contributed by atoms with Gasteiger partial charge in [-0.05, 0) is 41.7 Å². The Morgan fingerprint density at radius 1 is 1.17 bits per heavy atom. The summed E-state index contributed by atoms with van der Waals surface area (Å²) in [6.45, 7) is 0.305. The van der Waals surface area contributed by atoms with Gasteiger partial charge in [-0.1, -0.05) is 12.1 Å². The summed E-state index contributed by atoms with van der Waals surface area (Å²) < 4.78 is 25.6. The molecule has 0 unspecified atom stereocenters. The van der Waals surface area contributed by atoms with Gasteiger partial charge in [0.25, 0.3) is 0 Å². The molecule has 24 heavy (non-hydrogen) atoms. The number of benzene rings is 2. The smallest absolute Gasteiger partial charge is 0.167 e. The minimum absolute atomic E-state index is 0.169. The van der Waals surface area contributed by atoms with Crippen LogP contribution in [0.1, 0.15) is 22.1 Å². The van der Waals surface area contributed by atoms with Gasteiger partial charge in [0.2, 0.25) is 0 Å². The molecule has 0 aliphatic carbocycles. The molecule has 1 aliphatic rings. The molecule has 1 saturated heterocycles. The van der Waals surface area contributed by atoms with Crippen LogP contribution in [0.25, 0.3) is 0 Å². The van der Waals surface area contributed by atoms with Crippen LogP contribution in [0.3, 0.4) is 0 Å². The summed E-state index contributed by atoms with van der Waals surface area (Å²) in [4.78, 5) is 0. The Morgan fingerprint density at radius 3 is 2.54 bits per heavy atom. The van der Waals surface area contributed by atoms with E-state index in [1.54, 1.807) is 7.11 Å². The first-order valence-electron chi connectivity index (χ1n) is 7.75. The highest BCUT2D eigenvalue weighted by Crippen LogP contribution is 2.48. The summed E-state index contributed by atoms with van der Waals surface area (Å²) in [5.74, 6) is 2.85. The summed E-state index contributed by atoms with van der Waals surface area (Å²) in [6, 6.07) is 10.7. The summed E-state index contributed by atoms with van der Waals surface area (Å²) >= 11 is 3.64. The zero-order valence-electron chi connectivity index (χ0n) is 13.5. The fourth-order valence-electron chi connectivity index (χ4n) is 2.51. The van der Waals surface area contributed by atoms with Crippen LogP contribution >= 0.6 is 23.5 Å². The van der Waals surface area contributed by atoms with Gasteiger partial charge in [-0.2, -0.15) is 0 Å². The van der Waals surface area contributed by atoms with E-state index in [0.29, 0.717) is 18.0 Å². The Kier molecular flexibility index (Phi) is 5.79. The molecule has 0 aromatic heterocycles. The molecule has 1 aliphatic heterocycles. The van der Waals surface area contributed by atoms with E-state index in [4.69, 9.17) is 15.2 Å². The van der Waals surface area contributed by atoms with Crippen LogP contribution in [0, 0.1) is 5.82 Å². The summed E-state index contributed by atoms with van der Waals surface area (Å²) in [5, 5.41) is 0. The lowest BCUT2D eigenvalue weighted by atomic mass is 10.2. The third-order valence-electron chi connectivity index (χ3n) is 3.72. The topological polar surface area (TPSA) is 44.5 Å². The molecule has 0 saturated carbocycles. The first-order valence-corrected chi connectivity index (χ1v) is 9.85. The van der Waals surface area contributed by atoms with Gasteiger partial charge < -0.3 is 15.2 Å². The molecule has 3 nitrogen and oxygen atoms in total. The number of methoxy groups -OCH3 is 1. The van der Waals surface area contributed by atoms with Gasteiger partial charge in [0.05, 0.1) is 11.7 Å². The van der Waals surface area contributed by atoms with Gasteiger partial charge >= 0.3 is 0 Å². The highest BCUT2D eigenvalue weighted by atomic mass is 32.2. The van der Waals surface area contributed by atoms with E-state index in [9.17, 15) is 4.39 Å². The molecule has 3 rings (SSSR count). The molecule has 0 atom stereocenters. The van der Waals surface area contributed by atoms with Gasteiger partial charge in [-0.25, -0.2) is 4.39 Å². The molecule has 0 bridgehead atoms. The van der Waals surface area contributed by atoms with Crippen LogP contribution in [0.2, 0.25) is 0 Å². The maximum atomic E-state index is 14.4. The number of ether oxygens (including phenoxy) is 2. The highest BCUT2D eigenvalue weighted by Gasteiger charge is 2.23. The van der Waals surface area contributed by atoms with Crippen LogP contribution in [-0.4, -0.2) is 18.6 Å². The third kappa shape index (κ3) is 4.11. The quantitative estimate of drug-likeness (QED) is 0.766. The average Bonchev–Trinajstić information content (AvgIpc) is 2.61. The minimum Gasteiger partial charge on any atom is -0.497 e. The van der Waals surface area contributed by atoms with Crippen LogP contribution in [0.15, 0.2) is 36.4 Å². The van der Waals surface area contributed by atoms with E-state index in [2.05, 4.69) is 0 Å². The number of rotatable bonds is 5. The van der Waals surface area contributed by atoms with Crippen LogP contribution in [-0.2, 0) is 6.61 Å². The maximum absolute atomic E-state index is 14.4. The van der Waals surface area contributed by atoms with Crippen molar-refractivity contribution in [1.82, 2.24) is 0 Å². The number of halogens is 1. The number of anilines is 1. The van der Waals surface area contributed by atoms with E-state index in [-0.39, 0.29) is 4.58 Å². The molecule has 6 heteroatoms. The van der Waals surface area contributed by atoms with Crippen molar-refractivity contribution in [2.45, 2.75) is 17.6 Å². The Balaban J connectivity index is 1.80. The molecular weight excluding hydrogens is 345 g/mol. The van der Waals surface area contributed by atoms with Crippen molar-refractivity contribution in [3.05, 3.63) is 53.3 Å². The zero-order chi connectivity index (χ0) is 16.9. The van der Waals surface area contributed by atoms with Gasteiger partial charge in [-0.3, -0.25) is 0 Å². The van der Waals surface area contributed by atoms with Gasteiger partial charge in [-0.15, -0.1) is 23.5 Å². The van der Waals surface area contributed by atoms with Crippen molar-refractivity contribution < 1.29 is 13.9 Å². The SMILES string of the molecule is COc1ccc(COc2c(F)cc(N)cc2C2SCCCS2)cc1. The average molecular weight is 365 g/mol. The van der Waals surface area contributed by atoms with Gasteiger partial charge in [0.1, 0.15) is 12.4 Å². The second-order valence-electron chi connectivity index (χ2n) is 5.48. The Labute approximate surface area is 150 Å². The van der Waals surface area contributed by atoms with Gasteiger partial charge in [0.15, 0.2) is 11.6 Å². The molecular formula is C18H20FNO2S2. The first kappa shape index (κ1) is 17.3. The predicted molar refractivity (Wildman–Crippen MR) is 100 cm³/mol. The van der Waals surface area contributed by atoms with E-state index < -0.39 is 5.82 Å². The second-order valence-corrected chi connectivity index (χ2v) is 8.21. The van der Waals surface area contributed by atoms with Crippen LogP contribution in [0.5, 0.6) is 11.5 Å². The Hall–Kier alpha value is -1.53. The van der Waals surface area contributed by atoms with Crippen LogP contribution < -0.4 is 15.2 Å². The number of nitrogens with two attached hydrogens (primary N) is 1. The first-order chi connectivity index (χ1) is 11.7. The molecule has 1 heterocycles. The summed E-state index contributed by atoms with van der Waals surface area (Å²) in [7, 11) is 1.63. The number of hydrogen-bond donors (Lipinski definition) is 1. The van der Waals surface area contributed by atoms with Crippen molar-refractivity contribution in [2.24, 2.45) is 0 Å². The summed E-state index contributed by atoms with van der Waals surface area (Å²) in [5.41, 5.74) is 8.09. The minimum atomic E-state index is -0.398. The second kappa shape index (κ2) is 8.03. The Bertz CT molecular complexity index is 688. The normalized spacial score (nSPS) is 15.2. The lowest BCUT2D eigenvalue weighted by Gasteiger charge is -2.24. The van der Waals surface area contributed by atoms with E-state index in [1.807, 2.05) is 53.9 Å². The molecule has 1 fully saturated rings. The largest absolute Gasteiger partial charge is 0.497 e. The molecule has 2 aromatic rings. The highest BCUT2D eigenvalue weighted by molar-refractivity contribution is 8.16. The zero-order valence-corrected chi connectivity index (χ0v) is 15.1. The van der Waals surface area contributed by atoms with Crippen molar-refractivity contribution in [1.29, 1.82) is 0 Å². The molecule has 0 spiro atoms. The number of thioether (sulfide) groups is 2. The molecule has 0 amide bonds. The van der Waals surface area contributed by atoms with Crippen molar-refractivity contribution in [3.63, 3.8) is 0 Å². The maximum Gasteiger partial charge on any atom is 0.167 e. The molecule has 0 radical (unpaired) electrons. The lowest BCUT2D eigenvalue weighted by molar-refractivity contribution is 0.287. The molecule has 2 N–H and O–H groups in total. The summed E-state index contributed by atoms with van der Waals surface area (Å²) in [6.07, 6.45) is 1.18. The van der Waals surface area contributed by atoms with E-state index >= 15 is 0 Å². The molecule has 128 valence electrons. The third-order valence-corrected chi connectivity index (χ3v) is 6.70. The Morgan fingerprint density at radius 2 is 1.88 bits per heavy atom. The number of nitrogen functional groups attached to an aromatic ring is 1. The standard InChI is InChI=1S/C18H20FNO2S2/c1-21-14-5-3-12(4-6-14)11-22-17-15(9-13(20)10-16(17)19)18-23-7-2-8-24-18/h3-6,9-10,18H,2,7-8,11,20H2,1H3. The van der Waals surface area contributed by atoms with Crippen molar-refractivity contribution in [3.8, 4) is 11.5 Å². The predicted octanol–water partition coefficient (Wildman–Crippen LogP) is 4.86. The lowest BCUT2D eigenvalue weighted by Crippen LogP contribution is -2.07. The fraction of sp³-hybridized carbons (Fsp3) is 0.333.